The first-order valence-electron chi connectivity index (χ1n) is 7.14. The van der Waals surface area contributed by atoms with Gasteiger partial charge in [0.25, 0.3) is 0 Å². The number of piperidine rings is 1. The van der Waals surface area contributed by atoms with Gasteiger partial charge < -0.3 is 15.0 Å². The maximum absolute atomic E-state index is 13.1. The number of anilines is 1. The highest BCUT2D eigenvalue weighted by molar-refractivity contribution is 6.31. The minimum atomic E-state index is -0.374. The molecule has 0 radical (unpaired) electrons. The molecule has 5 heteroatoms. The van der Waals surface area contributed by atoms with Crippen molar-refractivity contribution in [3.63, 3.8) is 0 Å². The van der Waals surface area contributed by atoms with Crippen LogP contribution in [-0.4, -0.2) is 38.3 Å². The quantitative estimate of drug-likeness (QED) is 0.857. The molecule has 4 rings (SSSR count). The fraction of sp³-hybridized carbons (Fsp3) is 0.533. The van der Waals surface area contributed by atoms with E-state index in [4.69, 9.17) is 16.3 Å². The number of benzene rings is 1. The number of nitrogens with zero attached hydrogens (tertiary/aromatic N) is 1. The second kappa shape index (κ2) is 4.45. The summed E-state index contributed by atoms with van der Waals surface area (Å²) in [6, 6.07) is 6.04. The lowest BCUT2D eigenvalue weighted by Gasteiger charge is -2.38. The first kappa shape index (κ1) is 12.6. The smallest absolute Gasteiger partial charge is 0.238 e. The molecule has 1 spiro atoms. The third kappa shape index (κ3) is 1.59. The molecule has 1 aromatic carbocycles. The number of carbonyl (C=O) groups is 1. The zero-order valence-electron chi connectivity index (χ0n) is 11.2. The van der Waals surface area contributed by atoms with Crippen molar-refractivity contribution in [3.8, 4) is 0 Å². The predicted octanol–water partition coefficient (Wildman–Crippen LogP) is 1.71. The van der Waals surface area contributed by atoms with Gasteiger partial charge >= 0.3 is 0 Å². The Labute approximate surface area is 123 Å². The van der Waals surface area contributed by atoms with E-state index in [1.54, 1.807) is 0 Å². The highest BCUT2D eigenvalue weighted by Crippen LogP contribution is 2.49. The zero-order valence-corrected chi connectivity index (χ0v) is 11.9. The topological polar surface area (TPSA) is 41.6 Å². The number of halogens is 1. The Hall–Kier alpha value is -1.10. The van der Waals surface area contributed by atoms with Gasteiger partial charge in [0.2, 0.25) is 5.91 Å². The molecule has 3 aliphatic heterocycles. The number of carbonyl (C=O) groups excluding carboxylic acids is 1. The van der Waals surface area contributed by atoms with Crippen molar-refractivity contribution in [1.82, 2.24) is 5.32 Å². The van der Waals surface area contributed by atoms with Crippen molar-refractivity contribution in [1.29, 1.82) is 0 Å². The van der Waals surface area contributed by atoms with Crippen molar-refractivity contribution >= 4 is 23.2 Å². The molecule has 4 nitrogen and oxygen atoms in total. The molecule has 106 valence electrons. The van der Waals surface area contributed by atoms with E-state index < -0.39 is 0 Å². The molecule has 2 fully saturated rings. The van der Waals surface area contributed by atoms with Crippen LogP contribution >= 0.6 is 11.6 Å². The van der Waals surface area contributed by atoms with E-state index in [0.717, 1.165) is 37.2 Å². The first-order valence-corrected chi connectivity index (χ1v) is 7.52. The number of ether oxygens (including phenoxy) is 1. The summed E-state index contributed by atoms with van der Waals surface area (Å²) in [5.74, 6) is 0.240. The maximum Gasteiger partial charge on any atom is 0.238 e. The van der Waals surface area contributed by atoms with E-state index in [-0.39, 0.29) is 17.4 Å². The predicted molar refractivity (Wildman–Crippen MR) is 77.3 cm³/mol. The molecule has 1 amide bonds. The summed E-state index contributed by atoms with van der Waals surface area (Å²) in [4.78, 5) is 15.0. The van der Waals surface area contributed by atoms with Crippen LogP contribution in [0.25, 0.3) is 0 Å². The molecule has 0 atom stereocenters. The second-order valence-electron chi connectivity index (χ2n) is 5.86. The number of nitrogens with one attached hydrogen (secondary N) is 1. The third-order valence-corrected chi connectivity index (χ3v) is 5.04. The summed E-state index contributed by atoms with van der Waals surface area (Å²) in [5.41, 5.74) is 1.78. The Morgan fingerprint density at radius 2 is 2.05 bits per heavy atom. The summed E-state index contributed by atoms with van der Waals surface area (Å²) in [7, 11) is 0. The van der Waals surface area contributed by atoms with E-state index >= 15 is 0 Å². The molecule has 1 aromatic rings. The monoisotopic (exact) mass is 292 g/mol. The largest absolute Gasteiger partial charge is 0.377 e. The van der Waals surface area contributed by atoms with E-state index in [1.807, 2.05) is 23.1 Å². The zero-order chi connectivity index (χ0) is 13.7. The van der Waals surface area contributed by atoms with Crippen LogP contribution in [0, 0.1) is 0 Å². The standard InChI is InChI=1S/C15H17ClN2O2/c16-10-1-2-13-12(7-10)15(3-5-17-6-4-15)14(19)18(13)11-8-20-9-11/h1-2,7,11,17H,3-6,8-9H2. The van der Waals surface area contributed by atoms with Gasteiger partial charge in [0.15, 0.2) is 0 Å². The van der Waals surface area contributed by atoms with Crippen molar-refractivity contribution < 1.29 is 9.53 Å². The number of fused-ring (bicyclic) bond motifs is 2. The number of amides is 1. The summed E-state index contributed by atoms with van der Waals surface area (Å²) >= 11 is 6.18. The SMILES string of the molecule is O=C1N(C2COC2)c2ccc(Cl)cc2C12CCNCC2. The van der Waals surface area contributed by atoms with Crippen LogP contribution in [0.1, 0.15) is 18.4 Å². The molecular formula is C15H17ClN2O2. The molecule has 0 aliphatic carbocycles. The molecule has 20 heavy (non-hydrogen) atoms. The van der Waals surface area contributed by atoms with Crippen LogP contribution < -0.4 is 10.2 Å². The molecule has 2 saturated heterocycles. The molecule has 3 heterocycles. The van der Waals surface area contributed by atoms with Gasteiger partial charge in [0.1, 0.15) is 0 Å². The Kier molecular flexibility index (Phi) is 2.81. The summed E-state index contributed by atoms with van der Waals surface area (Å²) in [6.45, 7) is 3.05. The van der Waals surface area contributed by atoms with Gasteiger partial charge in [0, 0.05) is 10.7 Å². The molecule has 1 N–H and O–H groups in total. The van der Waals surface area contributed by atoms with Crippen molar-refractivity contribution in [2.45, 2.75) is 24.3 Å². The fourth-order valence-electron chi connectivity index (χ4n) is 3.63. The van der Waals surface area contributed by atoms with Gasteiger partial charge in [0.05, 0.1) is 24.7 Å². The number of hydrogen-bond donors (Lipinski definition) is 1. The minimum absolute atomic E-state index is 0.191. The second-order valence-corrected chi connectivity index (χ2v) is 6.30. The highest BCUT2D eigenvalue weighted by atomic mass is 35.5. The maximum atomic E-state index is 13.1. The Morgan fingerprint density at radius 3 is 2.70 bits per heavy atom. The summed E-state index contributed by atoms with van der Waals surface area (Å²) in [5, 5.41) is 4.05. The normalized spacial score (nSPS) is 24.9. The van der Waals surface area contributed by atoms with Gasteiger partial charge in [-0.2, -0.15) is 0 Å². The summed E-state index contributed by atoms with van der Waals surface area (Å²) in [6.07, 6.45) is 1.70. The van der Waals surface area contributed by atoms with Crippen molar-refractivity contribution in [3.05, 3.63) is 28.8 Å². The summed E-state index contributed by atoms with van der Waals surface area (Å²) < 4.78 is 5.28. The van der Waals surface area contributed by atoms with Gasteiger partial charge in [-0.3, -0.25) is 4.79 Å². The van der Waals surface area contributed by atoms with Gasteiger partial charge in [-0.1, -0.05) is 11.6 Å². The Balaban J connectivity index is 1.85. The van der Waals surface area contributed by atoms with Gasteiger partial charge in [-0.05, 0) is 49.7 Å². The molecule has 0 saturated carbocycles. The average molecular weight is 293 g/mol. The van der Waals surface area contributed by atoms with Crippen LogP contribution in [0.15, 0.2) is 18.2 Å². The van der Waals surface area contributed by atoms with Gasteiger partial charge in [-0.25, -0.2) is 0 Å². The van der Waals surface area contributed by atoms with E-state index in [9.17, 15) is 4.79 Å². The van der Waals surface area contributed by atoms with Crippen LogP contribution in [0.2, 0.25) is 5.02 Å². The van der Waals surface area contributed by atoms with Crippen LogP contribution in [0.4, 0.5) is 5.69 Å². The van der Waals surface area contributed by atoms with Crippen molar-refractivity contribution in [2.75, 3.05) is 31.2 Å². The third-order valence-electron chi connectivity index (χ3n) is 4.80. The average Bonchev–Trinajstić information content (AvgIpc) is 2.62. The molecule has 3 aliphatic rings. The van der Waals surface area contributed by atoms with E-state index in [2.05, 4.69) is 5.32 Å². The molecular weight excluding hydrogens is 276 g/mol. The molecule has 0 unspecified atom stereocenters. The van der Waals surface area contributed by atoms with E-state index in [0.29, 0.717) is 18.2 Å². The lowest BCUT2D eigenvalue weighted by molar-refractivity contribution is -0.126. The molecule has 0 bridgehead atoms. The van der Waals surface area contributed by atoms with Crippen LogP contribution in [0.3, 0.4) is 0 Å². The van der Waals surface area contributed by atoms with Crippen LogP contribution in [-0.2, 0) is 14.9 Å². The Morgan fingerprint density at radius 1 is 1.30 bits per heavy atom. The van der Waals surface area contributed by atoms with Crippen molar-refractivity contribution in [2.24, 2.45) is 0 Å². The number of rotatable bonds is 1. The lowest BCUT2D eigenvalue weighted by atomic mass is 9.74. The fourth-order valence-corrected chi connectivity index (χ4v) is 3.80. The number of hydrogen-bond acceptors (Lipinski definition) is 3. The highest BCUT2D eigenvalue weighted by Gasteiger charge is 2.53. The Bertz CT molecular complexity index is 565. The molecule has 0 aromatic heterocycles. The first-order chi connectivity index (χ1) is 9.72. The minimum Gasteiger partial charge on any atom is -0.377 e. The lowest BCUT2D eigenvalue weighted by Crippen LogP contribution is -2.55. The van der Waals surface area contributed by atoms with Gasteiger partial charge in [-0.15, -0.1) is 0 Å². The van der Waals surface area contributed by atoms with Crippen LogP contribution in [0.5, 0.6) is 0 Å². The van der Waals surface area contributed by atoms with E-state index in [1.165, 1.54) is 0 Å².